The second-order valence-electron chi connectivity index (χ2n) is 5.50. The number of benzene rings is 2. The first-order valence-electron chi connectivity index (χ1n) is 7.76. The fourth-order valence-electron chi connectivity index (χ4n) is 2.53. The van der Waals surface area contributed by atoms with Crippen LogP contribution in [0.3, 0.4) is 0 Å². The van der Waals surface area contributed by atoms with E-state index in [1.54, 1.807) is 13.0 Å². The summed E-state index contributed by atoms with van der Waals surface area (Å²) in [6.07, 6.45) is 0. The number of hydrogen-bond acceptors (Lipinski definition) is 4. The SMILES string of the molecule is CCS(=O)(=O)N(Cc1ccc(F)c(OC)c1)c1cc2ccccc2s1. The van der Waals surface area contributed by atoms with Crippen LogP contribution in [0.1, 0.15) is 12.5 Å². The second kappa shape index (κ2) is 7.01. The van der Waals surface area contributed by atoms with Gasteiger partial charge >= 0.3 is 0 Å². The molecule has 3 rings (SSSR count). The maximum absolute atomic E-state index is 13.6. The number of thiophene rings is 1. The van der Waals surface area contributed by atoms with Crippen LogP contribution in [-0.4, -0.2) is 21.3 Å². The summed E-state index contributed by atoms with van der Waals surface area (Å²) in [4.78, 5) is 0. The zero-order valence-corrected chi connectivity index (χ0v) is 15.5. The average Bonchev–Trinajstić information content (AvgIpc) is 3.04. The number of rotatable bonds is 6. The van der Waals surface area contributed by atoms with E-state index in [9.17, 15) is 12.8 Å². The molecule has 3 aromatic rings. The minimum Gasteiger partial charge on any atom is -0.494 e. The van der Waals surface area contributed by atoms with E-state index in [1.807, 2.05) is 30.3 Å². The number of nitrogens with zero attached hydrogens (tertiary/aromatic N) is 1. The maximum Gasteiger partial charge on any atom is 0.235 e. The molecule has 0 unspecified atom stereocenters. The molecule has 2 aromatic carbocycles. The third-order valence-electron chi connectivity index (χ3n) is 3.90. The van der Waals surface area contributed by atoms with E-state index < -0.39 is 15.8 Å². The molecule has 0 atom stereocenters. The lowest BCUT2D eigenvalue weighted by atomic mass is 10.2. The van der Waals surface area contributed by atoms with Gasteiger partial charge in [-0.2, -0.15) is 0 Å². The standard InChI is InChI=1S/C18H18FNO3S2/c1-3-25(21,22)20(12-13-8-9-15(19)16(10-13)23-2)18-11-14-6-4-5-7-17(14)24-18/h4-11H,3,12H2,1-2H3. The highest BCUT2D eigenvalue weighted by Crippen LogP contribution is 2.35. The number of sulfonamides is 1. The molecule has 0 N–H and O–H groups in total. The van der Waals surface area contributed by atoms with Gasteiger partial charge in [-0.25, -0.2) is 12.8 Å². The molecule has 7 heteroatoms. The molecule has 0 aliphatic carbocycles. The Balaban J connectivity index is 2.04. The Morgan fingerprint density at radius 3 is 2.60 bits per heavy atom. The average molecular weight is 379 g/mol. The molecule has 0 saturated carbocycles. The summed E-state index contributed by atoms with van der Waals surface area (Å²) >= 11 is 1.42. The van der Waals surface area contributed by atoms with E-state index in [0.29, 0.717) is 10.6 Å². The number of ether oxygens (including phenoxy) is 1. The Morgan fingerprint density at radius 2 is 1.92 bits per heavy atom. The fraction of sp³-hybridized carbons (Fsp3) is 0.222. The Morgan fingerprint density at radius 1 is 1.16 bits per heavy atom. The van der Waals surface area contributed by atoms with Gasteiger partial charge in [0.2, 0.25) is 10.0 Å². The third-order valence-corrected chi connectivity index (χ3v) is 6.88. The number of hydrogen-bond donors (Lipinski definition) is 0. The van der Waals surface area contributed by atoms with Crippen molar-refractivity contribution in [2.45, 2.75) is 13.5 Å². The molecule has 0 amide bonds. The normalized spacial score (nSPS) is 11.6. The van der Waals surface area contributed by atoms with Crippen LogP contribution in [0, 0.1) is 5.82 Å². The quantitative estimate of drug-likeness (QED) is 0.637. The summed E-state index contributed by atoms with van der Waals surface area (Å²) in [5, 5.41) is 1.64. The van der Waals surface area contributed by atoms with Gasteiger partial charge in [0.25, 0.3) is 0 Å². The van der Waals surface area contributed by atoms with Crippen molar-refractivity contribution in [3.05, 3.63) is 59.9 Å². The van der Waals surface area contributed by atoms with E-state index >= 15 is 0 Å². The van der Waals surface area contributed by atoms with Crippen LogP contribution in [0.5, 0.6) is 5.75 Å². The molecular formula is C18H18FNO3S2. The van der Waals surface area contributed by atoms with Crippen molar-refractivity contribution in [1.29, 1.82) is 0 Å². The molecule has 25 heavy (non-hydrogen) atoms. The van der Waals surface area contributed by atoms with E-state index in [-0.39, 0.29) is 18.0 Å². The summed E-state index contributed by atoms with van der Waals surface area (Å²) in [6.45, 7) is 1.74. The van der Waals surface area contributed by atoms with Crippen LogP contribution < -0.4 is 9.04 Å². The van der Waals surface area contributed by atoms with Crippen molar-refractivity contribution >= 4 is 36.4 Å². The molecule has 0 spiro atoms. The van der Waals surface area contributed by atoms with Crippen molar-refractivity contribution < 1.29 is 17.5 Å². The molecule has 0 fully saturated rings. The molecule has 1 aromatic heterocycles. The minimum absolute atomic E-state index is 0.0143. The van der Waals surface area contributed by atoms with Gasteiger partial charge in [0.15, 0.2) is 11.6 Å². The van der Waals surface area contributed by atoms with Crippen molar-refractivity contribution in [1.82, 2.24) is 0 Å². The van der Waals surface area contributed by atoms with Gasteiger partial charge in [-0.1, -0.05) is 24.3 Å². The van der Waals surface area contributed by atoms with Crippen LogP contribution in [0.15, 0.2) is 48.5 Å². The Bertz CT molecular complexity index is 965. The molecular weight excluding hydrogens is 361 g/mol. The topological polar surface area (TPSA) is 46.6 Å². The van der Waals surface area contributed by atoms with E-state index in [0.717, 1.165) is 10.1 Å². The first-order valence-corrected chi connectivity index (χ1v) is 10.2. The first-order chi connectivity index (χ1) is 11.9. The number of halogens is 1. The molecule has 132 valence electrons. The van der Waals surface area contributed by atoms with Gasteiger partial charge in [-0.15, -0.1) is 11.3 Å². The minimum atomic E-state index is -3.48. The molecule has 0 aliphatic rings. The highest BCUT2D eigenvalue weighted by molar-refractivity contribution is 7.92. The van der Waals surface area contributed by atoms with E-state index in [1.165, 1.54) is 34.9 Å². The van der Waals surface area contributed by atoms with Crippen LogP contribution >= 0.6 is 11.3 Å². The van der Waals surface area contributed by atoms with Gasteiger partial charge in [0.1, 0.15) is 5.00 Å². The van der Waals surface area contributed by atoms with Crippen molar-refractivity contribution in [2.75, 3.05) is 17.2 Å². The van der Waals surface area contributed by atoms with Crippen LogP contribution in [0.25, 0.3) is 10.1 Å². The molecule has 1 heterocycles. The van der Waals surface area contributed by atoms with Gasteiger partial charge < -0.3 is 4.74 Å². The molecule has 0 bridgehead atoms. The zero-order chi connectivity index (χ0) is 18.0. The van der Waals surface area contributed by atoms with Gasteiger partial charge in [0.05, 0.1) is 19.4 Å². The summed E-state index contributed by atoms with van der Waals surface area (Å²) in [5.74, 6) is -0.389. The van der Waals surface area contributed by atoms with Crippen molar-refractivity contribution in [2.24, 2.45) is 0 Å². The highest BCUT2D eigenvalue weighted by Gasteiger charge is 2.23. The summed E-state index contributed by atoms with van der Waals surface area (Å²) < 4.78 is 46.3. The summed E-state index contributed by atoms with van der Waals surface area (Å²) in [5.41, 5.74) is 0.660. The lowest BCUT2D eigenvalue weighted by Crippen LogP contribution is -2.31. The second-order valence-corrected chi connectivity index (χ2v) is 8.74. The predicted octanol–water partition coefficient (Wildman–Crippen LogP) is 4.41. The molecule has 4 nitrogen and oxygen atoms in total. The Kier molecular flexibility index (Phi) is 4.96. The first kappa shape index (κ1) is 17.7. The molecule has 0 aliphatic heterocycles. The largest absolute Gasteiger partial charge is 0.494 e. The molecule has 0 radical (unpaired) electrons. The van der Waals surface area contributed by atoms with Crippen molar-refractivity contribution in [3.8, 4) is 5.75 Å². The summed E-state index contributed by atoms with van der Waals surface area (Å²) in [6, 6.07) is 14.0. The van der Waals surface area contributed by atoms with Crippen molar-refractivity contribution in [3.63, 3.8) is 0 Å². The smallest absolute Gasteiger partial charge is 0.235 e. The van der Waals surface area contributed by atoms with Gasteiger partial charge in [-0.3, -0.25) is 4.31 Å². The number of methoxy groups -OCH3 is 1. The highest BCUT2D eigenvalue weighted by atomic mass is 32.2. The van der Waals surface area contributed by atoms with E-state index in [2.05, 4.69) is 0 Å². The monoisotopic (exact) mass is 379 g/mol. The van der Waals surface area contributed by atoms with Crippen LogP contribution in [0.4, 0.5) is 9.39 Å². The maximum atomic E-state index is 13.6. The third kappa shape index (κ3) is 3.62. The number of anilines is 1. The predicted molar refractivity (Wildman–Crippen MR) is 100 cm³/mol. The summed E-state index contributed by atoms with van der Waals surface area (Å²) in [7, 11) is -2.10. The zero-order valence-electron chi connectivity index (χ0n) is 13.9. The number of fused-ring (bicyclic) bond motifs is 1. The van der Waals surface area contributed by atoms with Gasteiger partial charge in [-0.05, 0) is 42.1 Å². The van der Waals surface area contributed by atoms with Crippen LogP contribution in [-0.2, 0) is 16.6 Å². The van der Waals surface area contributed by atoms with Crippen LogP contribution in [0.2, 0.25) is 0 Å². The Hall–Kier alpha value is -2.12. The molecule has 0 saturated heterocycles. The fourth-order valence-corrected chi connectivity index (χ4v) is 4.93. The Labute approximate surface area is 150 Å². The van der Waals surface area contributed by atoms with Gasteiger partial charge in [0, 0.05) is 4.70 Å². The lowest BCUT2D eigenvalue weighted by molar-refractivity contribution is 0.386. The van der Waals surface area contributed by atoms with E-state index in [4.69, 9.17) is 4.74 Å². The lowest BCUT2D eigenvalue weighted by Gasteiger charge is -2.22.